The predicted octanol–water partition coefficient (Wildman–Crippen LogP) is 2.76. The molecule has 0 unspecified atom stereocenters. The summed E-state index contributed by atoms with van der Waals surface area (Å²) in [6.45, 7) is -0.294. The normalized spacial score (nSPS) is 11.1. The molecule has 0 fully saturated rings. The Labute approximate surface area is 142 Å². The molecule has 0 atom stereocenters. The zero-order valence-electron chi connectivity index (χ0n) is 13.8. The monoisotopic (exact) mass is 349 g/mol. The molecule has 132 valence electrons. The Balaban J connectivity index is 1.84. The van der Waals surface area contributed by atoms with Crippen LogP contribution in [0, 0.1) is 0 Å². The van der Waals surface area contributed by atoms with Gasteiger partial charge in [-0.15, -0.1) is 10.2 Å². The van der Waals surface area contributed by atoms with Crippen molar-refractivity contribution in [3.05, 3.63) is 42.5 Å². The molecule has 0 saturated heterocycles. The van der Waals surface area contributed by atoms with Crippen LogP contribution >= 0.6 is 0 Å². The summed E-state index contributed by atoms with van der Waals surface area (Å²) in [4.78, 5) is 6.23. The van der Waals surface area contributed by atoms with E-state index >= 15 is 0 Å². The van der Waals surface area contributed by atoms with Crippen molar-refractivity contribution in [3.63, 3.8) is 0 Å². The molecule has 0 aliphatic rings. The maximum atomic E-state index is 12.5. The van der Waals surface area contributed by atoms with Crippen molar-refractivity contribution in [1.29, 1.82) is 0 Å². The highest BCUT2D eigenvalue weighted by Gasteiger charge is 2.14. The predicted molar refractivity (Wildman–Crippen MR) is 87.1 cm³/mol. The van der Waals surface area contributed by atoms with Crippen LogP contribution in [-0.4, -0.2) is 39.8 Å². The number of fused-ring (bicyclic) bond motifs is 1. The number of halogens is 2. The fraction of sp³-hybridized carbons (Fsp3) is 0.312. The first-order valence-electron chi connectivity index (χ1n) is 7.64. The average Bonchev–Trinajstić information content (AvgIpc) is 3.05. The lowest BCUT2D eigenvalue weighted by Crippen LogP contribution is -2.19. The first kappa shape index (κ1) is 16.9. The van der Waals surface area contributed by atoms with Gasteiger partial charge in [0.15, 0.2) is 17.3 Å². The summed E-state index contributed by atoms with van der Waals surface area (Å²) in [5.74, 6) is 0.953. The van der Waals surface area contributed by atoms with E-state index in [-0.39, 0.29) is 11.5 Å². The van der Waals surface area contributed by atoms with Gasteiger partial charge in [-0.1, -0.05) is 6.07 Å². The van der Waals surface area contributed by atoms with Gasteiger partial charge in [-0.05, 0) is 24.6 Å². The van der Waals surface area contributed by atoms with Crippen molar-refractivity contribution in [2.75, 3.05) is 18.6 Å². The third kappa shape index (κ3) is 3.76. The first-order valence-corrected chi connectivity index (χ1v) is 7.64. The molecule has 0 spiro atoms. The van der Waals surface area contributed by atoms with Crippen LogP contribution in [0.15, 0.2) is 36.9 Å². The average molecular weight is 349 g/mol. The minimum Gasteiger partial charge on any atom is -0.490 e. The van der Waals surface area contributed by atoms with Gasteiger partial charge in [-0.3, -0.25) is 4.40 Å². The van der Waals surface area contributed by atoms with E-state index in [1.165, 1.54) is 6.07 Å². The summed E-state index contributed by atoms with van der Waals surface area (Å²) in [6, 6.07) is 4.87. The van der Waals surface area contributed by atoms with Gasteiger partial charge in [0.1, 0.15) is 6.33 Å². The summed E-state index contributed by atoms with van der Waals surface area (Å²) in [5, 5.41) is 7.92. The van der Waals surface area contributed by atoms with Crippen molar-refractivity contribution in [2.24, 2.45) is 0 Å². The Hall–Kier alpha value is -2.97. The fourth-order valence-electron chi connectivity index (χ4n) is 2.48. The molecule has 0 radical (unpaired) electrons. The van der Waals surface area contributed by atoms with E-state index in [1.54, 1.807) is 42.2 Å². The van der Waals surface area contributed by atoms with E-state index in [1.807, 2.05) is 11.9 Å². The van der Waals surface area contributed by atoms with Crippen molar-refractivity contribution in [3.8, 4) is 11.5 Å². The van der Waals surface area contributed by atoms with Crippen molar-refractivity contribution < 1.29 is 18.3 Å². The SMILES string of the molecule is CCOc1cc(CN(C)c2nccn3cnnc23)ccc1OC(F)F. The minimum absolute atomic E-state index is 0.0148. The van der Waals surface area contributed by atoms with Crippen molar-refractivity contribution >= 4 is 11.5 Å². The minimum atomic E-state index is -2.90. The third-order valence-electron chi connectivity index (χ3n) is 3.50. The molecule has 25 heavy (non-hydrogen) atoms. The highest BCUT2D eigenvalue weighted by molar-refractivity contribution is 5.63. The number of rotatable bonds is 7. The zero-order chi connectivity index (χ0) is 17.8. The lowest BCUT2D eigenvalue weighted by Gasteiger charge is -2.19. The molecule has 0 aliphatic heterocycles. The van der Waals surface area contributed by atoms with Crippen molar-refractivity contribution in [1.82, 2.24) is 19.6 Å². The standard InChI is InChI=1S/C16H17F2N5O2/c1-3-24-13-8-11(4-5-12(13)25-16(17)18)9-22(2)14-15-21-20-10-23(15)7-6-19-14/h4-8,10,16H,3,9H2,1-2H3. The van der Waals surface area contributed by atoms with Crippen molar-refractivity contribution in [2.45, 2.75) is 20.1 Å². The van der Waals surface area contributed by atoms with Crippen LogP contribution in [-0.2, 0) is 6.54 Å². The quantitative estimate of drug-likeness (QED) is 0.653. The molecule has 9 heteroatoms. The number of hydrogen-bond acceptors (Lipinski definition) is 6. The smallest absolute Gasteiger partial charge is 0.387 e. The third-order valence-corrected chi connectivity index (χ3v) is 3.50. The molecule has 3 rings (SSSR count). The lowest BCUT2D eigenvalue weighted by atomic mass is 10.2. The van der Waals surface area contributed by atoms with Gasteiger partial charge < -0.3 is 14.4 Å². The number of alkyl halides is 2. The summed E-state index contributed by atoms with van der Waals surface area (Å²) in [5.41, 5.74) is 1.49. The van der Waals surface area contributed by atoms with Gasteiger partial charge in [-0.25, -0.2) is 4.98 Å². The van der Waals surface area contributed by atoms with E-state index < -0.39 is 6.61 Å². The van der Waals surface area contributed by atoms with E-state index in [0.29, 0.717) is 24.6 Å². The van der Waals surface area contributed by atoms with Gasteiger partial charge in [0, 0.05) is 26.0 Å². The number of ether oxygens (including phenoxy) is 2. The largest absolute Gasteiger partial charge is 0.490 e. The molecule has 0 amide bonds. The second-order valence-electron chi connectivity index (χ2n) is 5.26. The maximum Gasteiger partial charge on any atom is 0.387 e. The molecular weight excluding hydrogens is 332 g/mol. The van der Waals surface area contributed by atoms with Gasteiger partial charge in [0.25, 0.3) is 0 Å². The van der Waals surface area contributed by atoms with Crippen LogP contribution in [0.5, 0.6) is 11.5 Å². The number of nitrogens with zero attached hydrogens (tertiary/aromatic N) is 5. The molecule has 7 nitrogen and oxygen atoms in total. The Morgan fingerprint density at radius 1 is 1.28 bits per heavy atom. The second kappa shape index (κ2) is 7.29. The molecule has 0 N–H and O–H groups in total. The topological polar surface area (TPSA) is 64.8 Å². The van der Waals surface area contributed by atoms with Gasteiger partial charge >= 0.3 is 6.61 Å². The Kier molecular flexibility index (Phi) is 4.92. The van der Waals surface area contributed by atoms with Crippen LogP contribution < -0.4 is 14.4 Å². The van der Waals surface area contributed by atoms with Gasteiger partial charge in [0.2, 0.25) is 5.65 Å². The number of hydrogen-bond donors (Lipinski definition) is 0. The lowest BCUT2D eigenvalue weighted by molar-refractivity contribution is -0.0514. The van der Waals surface area contributed by atoms with Crippen LogP contribution in [0.1, 0.15) is 12.5 Å². The Bertz CT molecular complexity index is 855. The molecule has 0 aliphatic carbocycles. The molecule has 0 bridgehead atoms. The fourth-order valence-corrected chi connectivity index (χ4v) is 2.48. The molecular formula is C16H17F2N5O2. The van der Waals surface area contributed by atoms with Crippen LogP contribution in [0.4, 0.5) is 14.6 Å². The summed E-state index contributed by atoms with van der Waals surface area (Å²) in [6.07, 6.45) is 5.02. The van der Waals surface area contributed by atoms with Gasteiger partial charge in [0.05, 0.1) is 6.61 Å². The molecule has 0 saturated carbocycles. The summed E-state index contributed by atoms with van der Waals surface area (Å²) >= 11 is 0. The highest BCUT2D eigenvalue weighted by Crippen LogP contribution is 2.30. The zero-order valence-corrected chi connectivity index (χ0v) is 13.8. The molecule has 2 heterocycles. The maximum absolute atomic E-state index is 12.5. The van der Waals surface area contributed by atoms with E-state index in [4.69, 9.17) is 4.74 Å². The number of aromatic nitrogens is 4. The molecule has 1 aromatic carbocycles. The van der Waals surface area contributed by atoms with E-state index in [9.17, 15) is 8.78 Å². The van der Waals surface area contributed by atoms with Gasteiger partial charge in [-0.2, -0.15) is 8.78 Å². The highest BCUT2D eigenvalue weighted by atomic mass is 19.3. The molecule has 3 aromatic rings. The van der Waals surface area contributed by atoms with Crippen LogP contribution in [0.25, 0.3) is 5.65 Å². The van der Waals surface area contributed by atoms with E-state index in [0.717, 1.165) is 5.56 Å². The Morgan fingerprint density at radius 3 is 2.88 bits per heavy atom. The Morgan fingerprint density at radius 2 is 2.12 bits per heavy atom. The molecule has 2 aromatic heterocycles. The van der Waals surface area contributed by atoms with Crippen LogP contribution in [0.3, 0.4) is 0 Å². The summed E-state index contributed by atoms with van der Waals surface area (Å²) < 4.78 is 36.6. The second-order valence-corrected chi connectivity index (χ2v) is 5.26. The number of anilines is 1. The summed E-state index contributed by atoms with van der Waals surface area (Å²) in [7, 11) is 1.86. The van der Waals surface area contributed by atoms with E-state index in [2.05, 4.69) is 19.9 Å². The first-order chi connectivity index (χ1) is 12.1. The number of benzene rings is 1. The van der Waals surface area contributed by atoms with Crippen LogP contribution in [0.2, 0.25) is 0 Å².